The van der Waals surface area contributed by atoms with E-state index in [1.807, 2.05) is 26.0 Å². The van der Waals surface area contributed by atoms with Crippen molar-refractivity contribution in [2.45, 2.75) is 57.8 Å². The molecule has 0 radical (unpaired) electrons. The summed E-state index contributed by atoms with van der Waals surface area (Å²) < 4.78 is 11.5. The molecule has 2 heterocycles. The Hall–Kier alpha value is -2.56. The Morgan fingerprint density at radius 2 is 2.09 bits per heavy atom. The summed E-state index contributed by atoms with van der Waals surface area (Å²) in [6.07, 6.45) is 3.99. The minimum atomic E-state index is -0.746. The number of nitriles is 1. The lowest BCUT2D eigenvalue weighted by Crippen LogP contribution is -2.47. The van der Waals surface area contributed by atoms with Gasteiger partial charge in [-0.1, -0.05) is 18.2 Å². The molecule has 1 saturated carbocycles. The number of H-pyrrole nitrogens is 1. The number of nitrogens with zero attached hydrogens (tertiary/aromatic N) is 2. The summed E-state index contributed by atoms with van der Waals surface area (Å²) in [6.45, 7) is 5.22. The largest absolute Gasteiger partial charge is 0.469 e. The van der Waals surface area contributed by atoms with E-state index >= 15 is 0 Å². The maximum atomic E-state index is 12.7. The van der Waals surface area contributed by atoms with Crippen LogP contribution in [0.25, 0.3) is 10.9 Å². The zero-order valence-corrected chi connectivity index (χ0v) is 19.1. The lowest BCUT2D eigenvalue weighted by Gasteiger charge is -2.43. The number of carbonyl (C=O) groups is 1. The highest BCUT2D eigenvalue weighted by atomic mass is 16.5. The number of rotatable bonds is 3. The van der Waals surface area contributed by atoms with E-state index in [9.17, 15) is 15.2 Å². The number of fused-ring (bicyclic) bond motifs is 4. The number of benzene rings is 1. The van der Waals surface area contributed by atoms with Gasteiger partial charge < -0.3 is 24.5 Å². The molecule has 1 aliphatic heterocycles. The topological polar surface area (TPSA) is 98.6 Å². The van der Waals surface area contributed by atoms with Gasteiger partial charge in [-0.3, -0.25) is 4.79 Å². The van der Waals surface area contributed by atoms with Crippen molar-refractivity contribution in [3.63, 3.8) is 0 Å². The molecule has 0 bridgehead atoms. The second-order valence-corrected chi connectivity index (χ2v) is 9.39. The van der Waals surface area contributed by atoms with Gasteiger partial charge >= 0.3 is 5.97 Å². The van der Waals surface area contributed by atoms with Crippen molar-refractivity contribution in [2.75, 3.05) is 20.2 Å². The van der Waals surface area contributed by atoms with Gasteiger partial charge in [-0.15, -0.1) is 0 Å². The van der Waals surface area contributed by atoms with Crippen LogP contribution < -0.4 is 0 Å². The van der Waals surface area contributed by atoms with Crippen LogP contribution in [0.5, 0.6) is 0 Å². The third kappa shape index (κ3) is 4.35. The van der Waals surface area contributed by atoms with Crippen molar-refractivity contribution in [1.29, 1.82) is 5.26 Å². The lowest BCUT2D eigenvalue weighted by molar-refractivity contribution is -0.158. The molecule has 1 aliphatic carbocycles. The number of hydrogen-bond donors (Lipinski definition) is 2. The fourth-order valence-electron chi connectivity index (χ4n) is 5.68. The zero-order valence-electron chi connectivity index (χ0n) is 19.1. The first-order valence-corrected chi connectivity index (χ1v) is 11.6. The van der Waals surface area contributed by atoms with Gasteiger partial charge in [0.05, 0.1) is 31.3 Å². The van der Waals surface area contributed by atoms with Crippen molar-refractivity contribution >= 4 is 16.9 Å². The number of esters is 1. The second kappa shape index (κ2) is 9.51. The van der Waals surface area contributed by atoms with E-state index < -0.39 is 12.0 Å². The van der Waals surface area contributed by atoms with Gasteiger partial charge in [-0.25, -0.2) is 0 Å². The third-order valence-electron chi connectivity index (χ3n) is 7.11. The molecule has 0 amide bonds. The van der Waals surface area contributed by atoms with Gasteiger partial charge in [0.25, 0.3) is 0 Å². The maximum absolute atomic E-state index is 12.7. The predicted molar refractivity (Wildman–Crippen MR) is 120 cm³/mol. The van der Waals surface area contributed by atoms with Gasteiger partial charge in [0.1, 0.15) is 0 Å². The molecular formula is C25H33N3O4. The Morgan fingerprint density at radius 1 is 1.31 bits per heavy atom. The smallest absolute Gasteiger partial charge is 0.311 e. The van der Waals surface area contributed by atoms with Crippen LogP contribution in [0.15, 0.2) is 24.3 Å². The number of aromatic amines is 1. The van der Waals surface area contributed by atoms with Crippen molar-refractivity contribution < 1.29 is 19.4 Å². The highest BCUT2D eigenvalue weighted by molar-refractivity contribution is 5.84. The summed E-state index contributed by atoms with van der Waals surface area (Å²) in [5.41, 5.74) is 3.22. The monoisotopic (exact) mass is 439 g/mol. The fraction of sp³-hybridized carbons (Fsp3) is 0.600. The SMILES string of the molecule is COC(=O)[C@@H]1[C@H]2C[C@@H](OC(C)C)c3[nH]c4ccccc4c3CCN(C#N)C[C@@H]2CC[C@@H]1O. The lowest BCUT2D eigenvalue weighted by atomic mass is 9.67. The minimum Gasteiger partial charge on any atom is -0.469 e. The van der Waals surface area contributed by atoms with Crippen molar-refractivity contribution in [3.05, 3.63) is 35.5 Å². The number of para-hydroxylation sites is 1. The summed E-state index contributed by atoms with van der Waals surface area (Å²) in [7, 11) is 1.37. The number of aromatic nitrogens is 1. The number of aliphatic hydroxyl groups excluding tert-OH is 1. The van der Waals surface area contributed by atoms with Crippen LogP contribution >= 0.6 is 0 Å². The molecule has 2 aromatic rings. The molecule has 172 valence electrons. The molecule has 7 heteroatoms. The fourth-order valence-corrected chi connectivity index (χ4v) is 5.68. The molecule has 1 aromatic heterocycles. The van der Waals surface area contributed by atoms with E-state index in [0.29, 0.717) is 25.9 Å². The summed E-state index contributed by atoms with van der Waals surface area (Å²) in [5, 5.41) is 21.7. The van der Waals surface area contributed by atoms with Gasteiger partial charge in [-0.2, -0.15) is 5.26 Å². The van der Waals surface area contributed by atoms with Crippen LogP contribution in [-0.4, -0.2) is 53.4 Å². The normalized spacial score (nSPS) is 28.6. The van der Waals surface area contributed by atoms with E-state index in [4.69, 9.17) is 9.47 Å². The molecule has 1 fully saturated rings. The molecule has 0 saturated heterocycles. The van der Waals surface area contributed by atoms with Crippen LogP contribution in [0.4, 0.5) is 0 Å². The highest BCUT2D eigenvalue weighted by Gasteiger charge is 2.46. The Labute approximate surface area is 189 Å². The number of nitrogens with one attached hydrogen (secondary N) is 1. The first-order valence-electron chi connectivity index (χ1n) is 11.6. The quantitative estimate of drug-likeness (QED) is 0.561. The number of aliphatic hydroxyl groups is 1. The van der Waals surface area contributed by atoms with Gasteiger partial charge in [0.15, 0.2) is 6.19 Å². The number of hydrogen-bond acceptors (Lipinski definition) is 6. The summed E-state index contributed by atoms with van der Waals surface area (Å²) in [6, 6.07) is 8.19. The van der Waals surface area contributed by atoms with E-state index in [0.717, 1.165) is 35.0 Å². The van der Waals surface area contributed by atoms with Crippen LogP contribution in [0.2, 0.25) is 0 Å². The first kappa shape index (κ1) is 22.6. The molecule has 32 heavy (non-hydrogen) atoms. The van der Waals surface area contributed by atoms with E-state index in [1.165, 1.54) is 7.11 Å². The van der Waals surface area contributed by atoms with E-state index in [1.54, 1.807) is 4.90 Å². The van der Waals surface area contributed by atoms with Gasteiger partial charge in [-0.05, 0) is 63.0 Å². The zero-order chi connectivity index (χ0) is 22.8. The summed E-state index contributed by atoms with van der Waals surface area (Å²) >= 11 is 0. The van der Waals surface area contributed by atoms with E-state index in [-0.39, 0.29) is 30.0 Å². The minimum absolute atomic E-state index is 0.00125. The van der Waals surface area contributed by atoms with Gasteiger partial charge in [0.2, 0.25) is 0 Å². The van der Waals surface area contributed by atoms with Crippen LogP contribution in [0.1, 0.15) is 50.5 Å². The molecule has 0 unspecified atom stereocenters. The molecule has 0 spiro atoms. The summed E-state index contributed by atoms with van der Waals surface area (Å²) in [4.78, 5) is 18.1. The van der Waals surface area contributed by atoms with Crippen molar-refractivity contribution in [1.82, 2.24) is 9.88 Å². The molecule has 1 aromatic carbocycles. The third-order valence-corrected chi connectivity index (χ3v) is 7.11. The molecule has 7 nitrogen and oxygen atoms in total. The Bertz CT molecular complexity index is 995. The molecule has 5 atom stereocenters. The molecule has 4 rings (SSSR count). The van der Waals surface area contributed by atoms with Gasteiger partial charge in [0, 0.05) is 29.7 Å². The van der Waals surface area contributed by atoms with Crippen LogP contribution in [-0.2, 0) is 20.7 Å². The average Bonchev–Trinajstić information content (AvgIpc) is 3.15. The second-order valence-electron chi connectivity index (χ2n) is 9.39. The Kier molecular flexibility index (Phi) is 6.73. The predicted octanol–water partition coefficient (Wildman–Crippen LogP) is 3.54. The summed E-state index contributed by atoms with van der Waals surface area (Å²) in [5.74, 6) is -1.05. The molecule has 2 aliphatic rings. The number of carbonyl (C=O) groups excluding carboxylic acids is 1. The first-order chi connectivity index (χ1) is 15.4. The van der Waals surface area contributed by atoms with E-state index in [2.05, 4.69) is 23.3 Å². The maximum Gasteiger partial charge on any atom is 0.311 e. The Morgan fingerprint density at radius 3 is 2.81 bits per heavy atom. The highest BCUT2D eigenvalue weighted by Crippen LogP contribution is 2.44. The van der Waals surface area contributed by atoms with Crippen LogP contribution in [0, 0.1) is 29.2 Å². The average molecular weight is 440 g/mol. The Balaban J connectivity index is 1.83. The molecule has 2 N–H and O–H groups in total. The standard InChI is InChI=1S/C25H33N3O4/c1-15(2)32-22-12-19-16(8-9-21(29)23(19)25(30)31-3)13-28(14-26)11-10-18-17-6-4-5-7-20(17)27-24(18)22/h4-7,15-16,19,21-23,27,29H,8-13H2,1-3H3/t16-,19-,21-,22+,23+/m0/s1. The van der Waals surface area contributed by atoms with Crippen LogP contribution in [0.3, 0.4) is 0 Å². The van der Waals surface area contributed by atoms with Crippen molar-refractivity contribution in [3.8, 4) is 6.19 Å². The number of methoxy groups -OCH3 is 1. The van der Waals surface area contributed by atoms with Crippen molar-refractivity contribution in [2.24, 2.45) is 17.8 Å². The molecular weight excluding hydrogens is 406 g/mol. The number of ether oxygens (including phenoxy) is 2.